The lowest BCUT2D eigenvalue weighted by Gasteiger charge is -2.38. The van der Waals surface area contributed by atoms with Gasteiger partial charge in [0.15, 0.2) is 0 Å². The summed E-state index contributed by atoms with van der Waals surface area (Å²) < 4.78 is 11.3. The monoisotopic (exact) mass is 378 g/mol. The number of benzene rings is 2. The summed E-state index contributed by atoms with van der Waals surface area (Å²) in [6.45, 7) is 2.75. The standard InChI is InChI=1S/C22H26N4O2/c1-25(18-11-8-14-26(15-18)17-9-4-3-5-10-17)16-21-23-24-22(28-21)19-12-6-7-13-20(19)27-2/h3-7,9-10,12-13,18H,8,11,14-16H2,1-2H3. The predicted molar refractivity (Wildman–Crippen MR) is 109 cm³/mol. The van der Waals surface area contributed by atoms with Gasteiger partial charge in [-0.05, 0) is 44.2 Å². The van der Waals surface area contributed by atoms with Crippen molar-refractivity contribution in [3.8, 4) is 17.2 Å². The molecule has 146 valence electrons. The number of ether oxygens (including phenoxy) is 1. The second-order valence-corrected chi connectivity index (χ2v) is 7.19. The van der Waals surface area contributed by atoms with Crippen molar-refractivity contribution < 1.29 is 9.15 Å². The second-order valence-electron chi connectivity index (χ2n) is 7.19. The van der Waals surface area contributed by atoms with Gasteiger partial charge < -0.3 is 14.1 Å². The van der Waals surface area contributed by atoms with Crippen LogP contribution in [0.15, 0.2) is 59.0 Å². The van der Waals surface area contributed by atoms with Crippen LogP contribution in [0.5, 0.6) is 5.75 Å². The minimum atomic E-state index is 0.454. The maximum Gasteiger partial charge on any atom is 0.251 e. The third-order valence-electron chi connectivity index (χ3n) is 5.33. The summed E-state index contributed by atoms with van der Waals surface area (Å²) in [5, 5.41) is 8.47. The molecule has 6 heteroatoms. The molecule has 0 radical (unpaired) electrons. The maximum atomic E-state index is 5.93. The largest absolute Gasteiger partial charge is 0.496 e. The Labute approximate surface area is 165 Å². The lowest BCUT2D eigenvalue weighted by atomic mass is 10.0. The van der Waals surface area contributed by atoms with Crippen LogP contribution >= 0.6 is 0 Å². The van der Waals surface area contributed by atoms with E-state index in [4.69, 9.17) is 9.15 Å². The number of anilines is 1. The number of para-hydroxylation sites is 2. The number of likely N-dealkylation sites (N-methyl/N-ethyl adjacent to an activating group) is 1. The fourth-order valence-corrected chi connectivity index (χ4v) is 3.78. The minimum Gasteiger partial charge on any atom is -0.496 e. The van der Waals surface area contributed by atoms with Crippen molar-refractivity contribution in [3.63, 3.8) is 0 Å². The molecule has 1 unspecified atom stereocenters. The van der Waals surface area contributed by atoms with Crippen molar-refractivity contribution in [2.75, 3.05) is 32.1 Å². The van der Waals surface area contributed by atoms with Crippen LogP contribution in [0.1, 0.15) is 18.7 Å². The van der Waals surface area contributed by atoms with E-state index in [0.717, 1.165) is 24.4 Å². The SMILES string of the molecule is COc1ccccc1-c1nnc(CN(C)C2CCCN(c3ccccc3)C2)o1. The van der Waals surface area contributed by atoms with Gasteiger partial charge in [-0.3, -0.25) is 4.90 Å². The van der Waals surface area contributed by atoms with Gasteiger partial charge in [-0.2, -0.15) is 0 Å². The highest BCUT2D eigenvalue weighted by atomic mass is 16.5. The molecule has 0 spiro atoms. The molecular weight excluding hydrogens is 352 g/mol. The van der Waals surface area contributed by atoms with Crippen molar-refractivity contribution in [2.45, 2.75) is 25.4 Å². The third kappa shape index (κ3) is 4.02. The first-order chi connectivity index (χ1) is 13.7. The third-order valence-corrected chi connectivity index (χ3v) is 5.33. The maximum absolute atomic E-state index is 5.93. The lowest BCUT2D eigenvalue weighted by Crippen LogP contribution is -2.46. The van der Waals surface area contributed by atoms with E-state index >= 15 is 0 Å². The highest BCUT2D eigenvalue weighted by Gasteiger charge is 2.25. The number of piperidine rings is 1. The molecule has 6 nitrogen and oxygen atoms in total. The van der Waals surface area contributed by atoms with Crippen LogP contribution < -0.4 is 9.64 Å². The van der Waals surface area contributed by atoms with Gasteiger partial charge in [-0.15, -0.1) is 10.2 Å². The van der Waals surface area contributed by atoms with Gasteiger partial charge in [-0.1, -0.05) is 30.3 Å². The highest BCUT2D eigenvalue weighted by molar-refractivity contribution is 5.62. The van der Waals surface area contributed by atoms with Gasteiger partial charge >= 0.3 is 0 Å². The molecule has 28 heavy (non-hydrogen) atoms. The number of methoxy groups -OCH3 is 1. The molecule has 0 saturated carbocycles. The molecule has 0 aliphatic carbocycles. The Morgan fingerprint density at radius 2 is 1.89 bits per heavy atom. The van der Waals surface area contributed by atoms with E-state index in [2.05, 4.69) is 57.4 Å². The molecule has 3 aromatic rings. The number of rotatable bonds is 6. The molecule has 1 aliphatic heterocycles. The Hall–Kier alpha value is -2.86. The Morgan fingerprint density at radius 3 is 2.71 bits per heavy atom. The van der Waals surface area contributed by atoms with Crippen LogP contribution in [0.3, 0.4) is 0 Å². The first-order valence-electron chi connectivity index (χ1n) is 9.70. The minimum absolute atomic E-state index is 0.454. The van der Waals surface area contributed by atoms with E-state index in [0.29, 0.717) is 24.4 Å². The molecule has 0 bridgehead atoms. The molecule has 2 aromatic carbocycles. The normalized spacial score (nSPS) is 17.1. The van der Waals surface area contributed by atoms with E-state index in [1.807, 2.05) is 24.3 Å². The van der Waals surface area contributed by atoms with Gasteiger partial charge in [0.1, 0.15) is 5.75 Å². The summed E-state index contributed by atoms with van der Waals surface area (Å²) in [7, 11) is 3.78. The summed E-state index contributed by atoms with van der Waals surface area (Å²) in [6.07, 6.45) is 2.35. The zero-order valence-electron chi connectivity index (χ0n) is 16.4. The number of hydrogen-bond donors (Lipinski definition) is 0. The fourth-order valence-electron chi connectivity index (χ4n) is 3.78. The number of hydrogen-bond acceptors (Lipinski definition) is 6. The fraction of sp³-hybridized carbons (Fsp3) is 0.364. The van der Waals surface area contributed by atoms with Crippen LogP contribution in [0.2, 0.25) is 0 Å². The summed E-state index contributed by atoms with van der Waals surface area (Å²) in [5.41, 5.74) is 2.11. The molecule has 0 N–H and O–H groups in total. The first kappa shape index (κ1) is 18.5. The van der Waals surface area contributed by atoms with Crippen LogP contribution in [0.25, 0.3) is 11.5 Å². The smallest absolute Gasteiger partial charge is 0.251 e. The van der Waals surface area contributed by atoms with E-state index < -0.39 is 0 Å². The molecular formula is C22H26N4O2. The van der Waals surface area contributed by atoms with Crippen LogP contribution in [-0.4, -0.2) is 48.4 Å². The molecule has 1 aromatic heterocycles. The van der Waals surface area contributed by atoms with Crippen molar-refractivity contribution in [2.24, 2.45) is 0 Å². The Balaban J connectivity index is 1.42. The molecule has 1 saturated heterocycles. The van der Waals surface area contributed by atoms with E-state index in [1.54, 1.807) is 7.11 Å². The molecule has 1 aliphatic rings. The van der Waals surface area contributed by atoms with Crippen molar-refractivity contribution in [3.05, 3.63) is 60.5 Å². The summed E-state index contributed by atoms with van der Waals surface area (Å²) >= 11 is 0. The molecule has 4 rings (SSSR count). The summed E-state index contributed by atoms with van der Waals surface area (Å²) in [5.74, 6) is 1.85. The van der Waals surface area contributed by atoms with Crippen LogP contribution in [-0.2, 0) is 6.54 Å². The van der Waals surface area contributed by atoms with E-state index in [1.165, 1.54) is 18.5 Å². The quantitative estimate of drug-likeness (QED) is 0.649. The molecule has 1 atom stereocenters. The Morgan fingerprint density at radius 1 is 1.11 bits per heavy atom. The first-order valence-corrected chi connectivity index (χ1v) is 9.70. The predicted octanol–water partition coefficient (Wildman–Crippen LogP) is 3.85. The molecule has 1 fully saturated rings. The highest BCUT2D eigenvalue weighted by Crippen LogP contribution is 2.29. The van der Waals surface area contributed by atoms with Gasteiger partial charge in [-0.25, -0.2) is 0 Å². The second kappa shape index (κ2) is 8.44. The van der Waals surface area contributed by atoms with Crippen molar-refractivity contribution in [1.82, 2.24) is 15.1 Å². The van der Waals surface area contributed by atoms with E-state index in [9.17, 15) is 0 Å². The summed E-state index contributed by atoms with van der Waals surface area (Å²) in [6, 6.07) is 18.8. The lowest BCUT2D eigenvalue weighted by molar-refractivity contribution is 0.191. The van der Waals surface area contributed by atoms with Gasteiger partial charge in [0.05, 0.1) is 19.2 Å². The van der Waals surface area contributed by atoms with Crippen molar-refractivity contribution >= 4 is 5.69 Å². The van der Waals surface area contributed by atoms with Gasteiger partial charge in [0, 0.05) is 24.8 Å². The Bertz CT molecular complexity index is 896. The summed E-state index contributed by atoms with van der Waals surface area (Å²) in [4.78, 5) is 4.77. The molecule has 0 amide bonds. The average Bonchev–Trinajstić information content (AvgIpc) is 3.22. The zero-order valence-corrected chi connectivity index (χ0v) is 16.4. The van der Waals surface area contributed by atoms with Gasteiger partial charge in [0.2, 0.25) is 5.89 Å². The van der Waals surface area contributed by atoms with Crippen LogP contribution in [0.4, 0.5) is 5.69 Å². The number of nitrogens with zero attached hydrogens (tertiary/aromatic N) is 4. The van der Waals surface area contributed by atoms with Crippen molar-refractivity contribution in [1.29, 1.82) is 0 Å². The van der Waals surface area contributed by atoms with E-state index in [-0.39, 0.29) is 0 Å². The average molecular weight is 378 g/mol. The topological polar surface area (TPSA) is 54.6 Å². The zero-order chi connectivity index (χ0) is 19.3. The van der Waals surface area contributed by atoms with Gasteiger partial charge in [0.25, 0.3) is 5.89 Å². The van der Waals surface area contributed by atoms with Crippen LogP contribution in [0, 0.1) is 0 Å². The number of aromatic nitrogens is 2. The molecule has 2 heterocycles. The Kier molecular flexibility index (Phi) is 5.58.